The summed E-state index contributed by atoms with van der Waals surface area (Å²) < 4.78 is 5.59. The van der Waals surface area contributed by atoms with Gasteiger partial charge in [-0.1, -0.05) is 13.0 Å². The van der Waals surface area contributed by atoms with Crippen molar-refractivity contribution in [3.63, 3.8) is 0 Å². The maximum atomic E-state index is 9.96. The molecule has 0 spiro atoms. The number of ether oxygens (including phenoxy) is 1. The van der Waals surface area contributed by atoms with Gasteiger partial charge in [-0.2, -0.15) is 0 Å². The summed E-state index contributed by atoms with van der Waals surface area (Å²) >= 11 is 0. The zero-order valence-corrected chi connectivity index (χ0v) is 12.1. The number of hydrogen-bond donors (Lipinski definition) is 1. The fourth-order valence-electron chi connectivity index (χ4n) is 2.11. The van der Waals surface area contributed by atoms with Crippen molar-refractivity contribution in [2.45, 2.75) is 20.3 Å². The molecule has 1 aromatic heterocycles. The molecule has 0 unspecified atom stereocenters. The van der Waals surface area contributed by atoms with E-state index in [9.17, 15) is 5.11 Å². The highest BCUT2D eigenvalue weighted by Gasteiger charge is 2.09. The molecule has 108 valence electrons. The smallest absolute Gasteiger partial charge is 0.143 e. The molecule has 0 radical (unpaired) electrons. The summed E-state index contributed by atoms with van der Waals surface area (Å²) in [6, 6.07) is 11.0. The first-order chi connectivity index (χ1) is 10.2. The number of aromatic nitrogens is 3. The third-order valence-corrected chi connectivity index (χ3v) is 3.17. The van der Waals surface area contributed by atoms with Crippen molar-refractivity contribution in [2.75, 3.05) is 6.61 Å². The molecular formula is C16H17N3O2. The van der Waals surface area contributed by atoms with Crippen LogP contribution in [0.5, 0.6) is 11.5 Å². The van der Waals surface area contributed by atoms with E-state index >= 15 is 0 Å². The van der Waals surface area contributed by atoms with Crippen molar-refractivity contribution in [2.24, 2.45) is 0 Å². The van der Waals surface area contributed by atoms with E-state index in [1.54, 1.807) is 6.07 Å². The van der Waals surface area contributed by atoms with Gasteiger partial charge in [0, 0.05) is 6.07 Å². The number of rotatable bonds is 4. The van der Waals surface area contributed by atoms with E-state index in [-0.39, 0.29) is 5.75 Å². The molecule has 1 N–H and O–H groups in total. The van der Waals surface area contributed by atoms with E-state index in [4.69, 9.17) is 4.74 Å². The highest BCUT2D eigenvalue weighted by atomic mass is 16.5. The van der Waals surface area contributed by atoms with Crippen LogP contribution in [0.2, 0.25) is 0 Å². The van der Waals surface area contributed by atoms with E-state index < -0.39 is 0 Å². The monoisotopic (exact) mass is 283 g/mol. The fraction of sp³-hybridized carbons (Fsp3) is 0.250. The first kappa shape index (κ1) is 13.4. The molecule has 0 aliphatic carbocycles. The van der Waals surface area contributed by atoms with Gasteiger partial charge < -0.3 is 9.84 Å². The topological polar surface area (TPSA) is 60.2 Å². The molecule has 21 heavy (non-hydrogen) atoms. The Morgan fingerprint density at radius 2 is 1.90 bits per heavy atom. The first-order valence-corrected chi connectivity index (χ1v) is 6.97. The van der Waals surface area contributed by atoms with Gasteiger partial charge in [0.05, 0.1) is 6.61 Å². The first-order valence-electron chi connectivity index (χ1n) is 6.97. The minimum Gasteiger partial charge on any atom is -0.506 e. The number of nitrogens with zero attached hydrogens (tertiary/aromatic N) is 3. The van der Waals surface area contributed by atoms with Gasteiger partial charge in [0.1, 0.15) is 28.2 Å². The number of phenols is 1. The average Bonchev–Trinajstić information content (AvgIpc) is 2.90. The van der Waals surface area contributed by atoms with Gasteiger partial charge in [0.25, 0.3) is 0 Å². The number of hydrogen-bond acceptors (Lipinski definition) is 4. The van der Waals surface area contributed by atoms with Crippen LogP contribution >= 0.6 is 0 Å². The van der Waals surface area contributed by atoms with Gasteiger partial charge >= 0.3 is 0 Å². The Morgan fingerprint density at radius 1 is 1.10 bits per heavy atom. The standard InChI is InChI=1S/C16H17N3O2/c1-3-8-21-12-5-6-13-14(10-12)18-19(17-13)15-9-11(2)4-7-16(15)20/h4-7,9-10,20H,3,8H2,1-2H3. The Labute approximate surface area is 122 Å². The van der Waals surface area contributed by atoms with E-state index in [0.29, 0.717) is 12.3 Å². The van der Waals surface area contributed by atoms with Crippen LogP contribution in [0, 0.1) is 6.92 Å². The summed E-state index contributed by atoms with van der Waals surface area (Å²) in [5.41, 5.74) is 3.11. The fourth-order valence-corrected chi connectivity index (χ4v) is 2.11. The number of aryl methyl sites for hydroxylation is 1. The number of benzene rings is 2. The highest BCUT2D eigenvalue weighted by Crippen LogP contribution is 2.24. The van der Waals surface area contributed by atoms with Crippen molar-refractivity contribution < 1.29 is 9.84 Å². The summed E-state index contributed by atoms with van der Waals surface area (Å²) in [6.45, 7) is 4.70. The van der Waals surface area contributed by atoms with Crippen LogP contribution in [0.15, 0.2) is 36.4 Å². The number of phenolic OH excluding ortho intramolecular Hbond substituents is 1. The van der Waals surface area contributed by atoms with Gasteiger partial charge in [0.15, 0.2) is 0 Å². The highest BCUT2D eigenvalue weighted by molar-refractivity contribution is 5.75. The lowest BCUT2D eigenvalue weighted by Gasteiger charge is -2.03. The van der Waals surface area contributed by atoms with E-state index in [2.05, 4.69) is 17.1 Å². The molecule has 3 aromatic rings. The third kappa shape index (κ3) is 2.67. The SMILES string of the molecule is CCCOc1ccc2nn(-c3cc(C)ccc3O)nc2c1. The molecule has 0 amide bonds. The second-order valence-corrected chi connectivity index (χ2v) is 4.98. The van der Waals surface area contributed by atoms with Crippen molar-refractivity contribution in [1.29, 1.82) is 0 Å². The van der Waals surface area contributed by atoms with E-state index in [1.165, 1.54) is 4.80 Å². The van der Waals surface area contributed by atoms with Gasteiger partial charge in [-0.25, -0.2) is 0 Å². The Morgan fingerprint density at radius 3 is 2.71 bits per heavy atom. The maximum Gasteiger partial charge on any atom is 0.143 e. The molecule has 0 bridgehead atoms. The van der Waals surface area contributed by atoms with Gasteiger partial charge in [-0.05, 0) is 43.2 Å². The number of fused-ring (bicyclic) bond motifs is 1. The molecule has 0 atom stereocenters. The van der Waals surface area contributed by atoms with E-state index in [0.717, 1.165) is 28.8 Å². The van der Waals surface area contributed by atoms with Crippen LogP contribution in [0.3, 0.4) is 0 Å². The zero-order valence-electron chi connectivity index (χ0n) is 12.1. The lowest BCUT2D eigenvalue weighted by molar-refractivity contribution is 0.318. The molecule has 0 aliphatic heterocycles. The predicted molar refractivity (Wildman–Crippen MR) is 81.1 cm³/mol. The van der Waals surface area contributed by atoms with Crippen LogP contribution in [0.1, 0.15) is 18.9 Å². The predicted octanol–water partition coefficient (Wildman–Crippen LogP) is 3.22. The van der Waals surface area contributed by atoms with Gasteiger partial charge in [-0.15, -0.1) is 15.0 Å². The Hall–Kier alpha value is -2.56. The molecule has 1 heterocycles. The molecule has 5 heteroatoms. The lowest BCUT2D eigenvalue weighted by atomic mass is 10.2. The second kappa shape index (κ2) is 5.44. The molecule has 0 aliphatic rings. The Bertz CT molecular complexity index is 780. The maximum absolute atomic E-state index is 9.96. The Kier molecular flexibility index (Phi) is 3.48. The minimum absolute atomic E-state index is 0.156. The van der Waals surface area contributed by atoms with Gasteiger partial charge in [0.2, 0.25) is 0 Å². The van der Waals surface area contributed by atoms with Crippen molar-refractivity contribution >= 4 is 11.0 Å². The van der Waals surface area contributed by atoms with E-state index in [1.807, 2.05) is 37.3 Å². The average molecular weight is 283 g/mol. The van der Waals surface area contributed by atoms with Crippen LogP contribution in [-0.2, 0) is 0 Å². The minimum atomic E-state index is 0.156. The van der Waals surface area contributed by atoms with Crippen molar-refractivity contribution in [1.82, 2.24) is 15.0 Å². The molecule has 0 saturated carbocycles. The molecule has 0 saturated heterocycles. The van der Waals surface area contributed by atoms with Crippen LogP contribution in [0.4, 0.5) is 0 Å². The van der Waals surface area contributed by atoms with Crippen molar-refractivity contribution in [3.8, 4) is 17.2 Å². The van der Waals surface area contributed by atoms with Crippen molar-refractivity contribution in [3.05, 3.63) is 42.0 Å². The van der Waals surface area contributed by atoms with Crippen LogP contribution in [-0.4, -0.2) is 26.7 Å². The zero-order chi connectivity index (χ0) is 14.8. The summed E-state index contributed by atoms with van der Waals surface area (Å²) in [4.78, 5) is 1.45. The second-order valence-electron chi connectivity index (χ2n) is 4.98. The quantitative estimate of drug-likeness (QED) is 0.798. The largest absolute Gasteiger partial charge is 0.506 e. The molecular weight excluding hydrogens is 266 g/mol. The van der Waals surface area contributed by atoms with Crippen LogP contribution < -0.4 is 4.74 Å². The molecule has 5 nitrogen and oxygen atoms in total. The molecule has 3 rings (SSSR count). The van der Waals surface area contributed by atoms with Crippen LogP contribution in [0.25, 0.3) is 16.7 Å². The summed E-state index contributed by atoms with van der Waals surface area (Å²) in [7, 11) is 0. The lowest BCUT2D eigenvalue weighted by Crippen LogP contribution is -1.99. The summed E-state index contributed by atoms with van der Waals surface area (Å²) in [5.74, 6) is 0.938. The van der Waals surface area contributed by atoms with Gasteiger partial charge in [-0.3, -0.25) is 0 Å². The molecule has 2 aromatic carbocycles. The summed E-state index contributed by atoms with van der Waals surface area (Å²) in [6.07, 6.45) is 0.960. The third-order valence-electron chi connectivity index (χ3n) is 3.17. The Balaban J connectivity index is 2.02. The number of aromatic hydroxyl groups is 1. The normalized spacial score (nSPS) is 11.0. The summed E-state index contributed by atoms with van der Waals surface area (Å²) in [5, 5.41) is 18.8. The molecule has 0 fully saturated rings.